The minimum atomic E-state index is 0.166. The molecule has 110 valence electrons. The van der Waals surface area contributed by atoms with Crippen LogP contribution in [0.15, 0.2) is 30.3 Å². The fraction of sp³-hybridized carbons (Fsp3) is 0.588. The van der Waals surface area contributed by atoms with Crippen LogP contribution >= 0.6 is 0 Å². The predicted octanol–water partition coefficient (Wildman–Crippen LogP) is 2.61. The smallest absolute Gasteiger partial charge is 0.234 e. The Morgan fingerprint density at radius 1 is 1.30 bits per heavy atom. The van der Waals surface area contributed by atoms with E-state index in [-0.39, 0.29) is 5.91 Å². The van der Waals surface area contributed by atoms with Crippen molar-refractivity contribution in [2.45, 2.75) is 45.1 Å². The van der Waals surface area contributed by atoms with Gasteiger partial charge in [-0.15, -0.1) is 0 Å². The Bertz CT molecular complexity index is 405. The van der Waals surface area contributed by atoms with Gasteiger partial charge in [-0.25, -0.2) is 0 Å². The first-order valence-corrected chi connectivity index (χ1v) is 7.84. The average molecular weight is 274 g/mol. The maximum absolute atomic E-state index is 11.8. The molecule has 1 aliphatic rings. The predicted molar refractivity (Wildman–Crippen MR) is 82.7 cm³/mol. The van der Waals surface area contributed by atoms with E-state index in [9.17, 15) is 4.79 Å². The second kappa shape index (κ2) is 8.05. The second-order valence-electron chi connectivity index (χ2n) is 5.60. The minimum Gasteiger partial charge on any atom is -0.355 e. The van der Waals surface area contributed by atoms with Gasteiger partial charge in [-0.3, -0.25) is 9.69 Å². The molecule has 3 heteroatoms. The molecule has 1 aromatic carbocycles. The number of nitrogens with one attached hydrogen (secondary N) is 1. The summed E-state index contributed by atoms with van der Waals surface area (Å²) < 4.78 is 0. The number of likely N-dealkylation sites (N-methyl/N-ethyl adjacent to an activating group) is 1. The van der Waals surface area contributed by atoms with E-state index in [0.717, 1.165) is 25.9 Å². The molecule has 0 bridgehead atoms. The Kier molecular flexibility index (Phi) is 6.06. The van der Waals surface area contributed by atoms with Crippen LogP contribution in [0.1, 0.15) is 38.2 Å². The molecule has 1 amide bonds. The molecule has 1 aliphatic heterocycles. The van der Waals surface area contributed by atoms with Crippen molar-refractivity contribution in [2.24, 2.45) is 0 Å². The zero-order valence-electron chi connectivity index (χ0n) is 12.5. The van der Waals surface area contributed by atoms with Crippen molar-refractivity contribution in [3.63, 3.8) is 0 Å². The Morgan fingerprint density at radius 3 is 2.85 bits per heavy atom. The van der Waals surface area contributed by atoms with Crippen LogP contribution in [0, 0.1) is 0 Å². The van der Waals surface area contributed by atoms with Crippen molar-refractivity contribution in [1.82, 2.24) is 10.2 Å². The summed E-state index contributed by atoms with van der Waals surface area (Å²) >= 11 is 0. The molecule has 1 N–H and O–H groups in total. The van der Waals surface area contributed by atoms with Crippen LogP contribution in [0.4, 0.5) is 0 Å². The van der Waals surface area contributed by atoms with Gasteiger partial charge in [-0.2, -0.15) is 0 Å². The summed E-state index contributed by atoms with van der Waals surface area (Å²) in [5.74, 6) is 0.166. The molecule has 0 aliphatic carbocycles. The van der Waals surface area contributed by atoms with Gasteiger partial charge in [0.15, 0.2) is 0 Å². The first-order chi connectivity index (χ1) is 9.79. The van der Waals surface area contributed by atoms with Crippen molar-refractivity contribution < 1.29 is 4.79 Å². The van der Waals surface area contributed by atoms with Crippen molar-refractivity contribution in [1.29, 1.82) is 0 Å². The highest BCUT2D eigenvalue weighted by Gasteiger charge is 2.23. The van der Waals surface area contributed by atoms with E-state index in [0.29, 0.717) is 12.6 Å². The molecule has 1 aromatic rings. The largest absolute Gasteiger partial charge is 0.355 e. The third-order valence-corrected chi connectivity index (χ3v) is 4.08. The van der Waals surface area contributed by atoms with E-state index in [1.54, 1.807) is 0 Å². The van der Waals surface area contributed by atoms with E-state index in [1.807, 2.05) is 6.92 Å². The number of carbonyl (C=O) groups is 1. The lowest BCUT2D eigenvalue weighted by molar-refractivity contribution is -0.123. The highest BCUT2D eigenvalue weighted by molar-refractivity contribution is 5.77. The van der Waals surface area contributed by atoms with Crippen molar-refractivity contribution >= 4 is 5.91 Å². The number of nitrogens with zero attached hydrogens (tertiary/aromatic N) is 1. The summed E-state index contributed by atoms with van der Waals surface area (Å²) in [6, 6.07) is 11.2. The number of aryl methyl sites for hydroxylation is 1. The zero-order valence-corrected chi connectivity index (χ0v) is 12.5. The van der Waals surface area contributed by atoms with Crippen LogP contribution in [-0.4, -0.2) is 36.5 Å². The molecule has 0 aromatic heterocycles. The minimum absolute atomic E-state index is 0.166. The van der Waals surface area contributed by atoms with Gasteiger partial charge in [0.1, 0.15) is 0 Å². The standard InChI is InChI=1S/C17H26N2O/c1-2-18-17(20)14-19-13-7-6-10-16(19)12-11-15-8-4-3-5-9-15/h3-5,8-9,16H,2,6-7,10-14H2,1H3,(H,18,20)/t16-/m1/s1. The summed E-state index contributed by atoms with van der Waals surface area (Å²) in [6.45, 7) is 4.33. The van der Waals surface area contributed by atoms with Gasteiger partial charge >= 0.3 is 0 Å². The molecule has 1 saturated heterocycles. The first-order valence-electron chi connectivity index (χ1n) is 7.84. The maximum atomic E-state index is 11.8. The third kappa shape index (κ3) is 4.64. The summed E-state index contributed by atoms with van der Waals surface area (Å²) in [5.41, 5.74) is 1.40. The quantitative estimate of drug-likeness (QED) is 0.865. The third-order valence-electron chi connectivity index (χ3n) is 4.08. The van der Waals surface area contributed by atoms with Crippen LogP contribution in [0.25, 0.3) is 0 Å². The molecule has 20 heavy (non-hydrogen) atoms. The number of benzene rings is 1. The van der Waals surface area contributed by atoms with Gasteiger partial charge in [-0.05, 0) is 44.7 Å². The molecule has 1 atom stereocenters. The fourth-order valence-corrected chi connectivity index (χ4v) is 3.01. The van der Waals surface area contributed by atoms with Crippen molar-refractivity contribution in [3.05, 3.63) is 35.9 Å². The highest BCUT2D eigenvalue weighted by Crippen LogP contribution is 2.21. The summed E-state index contributed by atoms with van der Waals surface area (Å²) in [4.78, 5) is 14.2. The molecule has 1 heterocycles. The number of amides is 1. The van der Waals surface area contributed by atoms with Gasteiger partial charge in [0.25, 0.3) is 0 Å². The van der Waals surface area contributed by atoms with Crippen molar-refractivity contribution in [2.75, 3.05) is 19.6 Å². The van der Waals surface area contributed by atoms with E-state index >= 15 is 0 Å². The summed E-state index contributed by atoms with van der Waals surface area (Å²) in [5, 5.41) is 2.91. The summed E-state index contributed by atoms with van der Waals surface area (Å²) in [7, 11) is 0. The molecule has 2 rings (SSSR count). The molecular weight excluding hydrogens is 248 g/mol. The second-order valence-corrected chi connectivity index (χ2v) is 5.60. The van der Waals surface area contributed by atoms with Crippen LogP contribution < -0.4 is 5.32 Å². The van der Waals surface area contributed by atoms with E-state index in [1.165, 1.54) is 24.8 Å². The first kappa shape index (κ1) is 15.0. The van der Waals surface area contributed by atoms with Gasteiger partial charge in [0, 0.05) is 12.6 Å². The lowest BCUT2D eigenvalue weighted by Gasteiger charge is -2.35. The van der Waals surface area contributed by atoms with Gasteiger partial charge in [0.05, 0.1) is 6.54 Å². The van der Waals surface area contributed by atoms with Crippen LogP contribution in [-0.2, 0) is 11.2 Å². The lowest BCUT2D eigenvalue weighted by atomic mass is 9.96. The monoisotopic (exact) mass is 274 g/mol. The molecule has 1 fully saturated rings. The average Bonchev–Trinajstić information content (AvgIpc) is 2.48. The summed E-state index contributed by atoms with van der Waals surface area (Å²) in [6.07, 6.45) is 6.01. The number of hydrogen-bond donors (Lipinski definition) is 1. The van der Waals surface area contributed by atoms with Gasteiger partial charge in [0.2, 0.25) is 5.91 Å². The molecule has 0 saturated carbocycles. The molecular formula is C17H26N2O. The van der Waals surface area contributed by atoms with Gasteiger partial charge < -0.3 is 5.32 Å². The lowest BCUT2D eigenvalue weighted by Crippen LogP contribution is -2.45. The topological polar surface area (TPSA) is 32.3 Å². The zero-order chi connectivity index (χ0) is 14.2. The van der Waals surface area contributed by atoms with Crippen LogP contribution in [0.5, 0.6) is 0 Å². The fourth-order valence-electron chi connectivity index (χ4n) is 3.01. The maximum Gasteiger partial charge on any atom is 0.234 e. The number of carbonyl (C=O) groups excluding carboxylic acids is 1. The Morgan fingerprint density at radius 2 is 2.10 bits per heavy atom. The number of rotatable bonds is 6. The molecule has 0 spiro atoms. The number of hydrogen-bond acceptors (Lipinski definition) is 2. The highest BCUT2D eigenvalue weighted by atomic mass is 16.2. The van der Waals surface area contributed by atoms with Gasteiger partial charge in [-0.1, -0.05) is 36.8 Å². The Balaban J connectivity index is 1.85. The molecule has 0 unspecified atom stereocenters. The van der Waals surface area contributed by atoms with E-state index in [2.05, 4.69) is 40.5 Å². The normalized spacial score (nSPS) is 19.8. The number of piperidine rings is 1. The van der Waals surface area contributed by atoms with Crippen molar-refractivity contribution in [3.8, 4) is 0 Å². The number of likely N-dealkylation sites (tertiary alicyclic amines) is 1. The van der Waals surface area contributed by atoms with Crippen LogP contribution in [0.3, 0.4) is 0 Å². The van der Waals surface area contributed by atoms with E-state index < -0.39 is 0 Å². The molecule has 3 nitrogen and oxygen atoms in total. The Labute approximate surface area is 122 Å². The van der Waals surface area contributed by atoms with Crippen LogP contribution in [0.2, 0.25) is 0 Å². The SMILES string of the molecule is CCNC(=O)CN1CCCC[C@@H]1CCc1ccccc1. The van der Waals surface area contributed by atoms with E-state index in [4.69, 9.17) is 0 Å². The molecule has 0 radical (unpaired) electrons. The Hall–Kier alpha value is -1.35.